The number of nitrogens with zero attached hydrogens (tertiary/aromatic N) is 2. The third kappa shape index (κ3) is 3.99. The molecule has 3 aromatic carbocycles. The Kier molecular flexibility index (Phi) is 6.23. The van der Waals surface area contributed by atoms with Crippen molar-refractivity contribution < 1.29 is 4.74 Å². The Morgan fingerprint density at radius 2 is 1.92 bits per heavy atom. The predicted octanol–water partition coefficient (Wildman–Crippen LogP) is 5.81. The van der Waals surface area contributed by atoms with E-state index in [4.69, 9.17) is 9.73 Å². The number of thioether (sulfide) groups is 1. The average Bonchev–Trinajstić information content (AvgIpc) is 3.23. The van der Waals surface area contributed by atoms with Crippen molar-refractivity contribution in [2.75, 3.05) is 13.4 Å². The van der Waals surface area contributed by atoms with Crippen LogP contribution in [0.3, 0.4) is 0 Å². The highest BCUT2D eigenvalue weighted by Crippen LogP contribution is 2.41. The van der Waals surface area contributed by atoms with Crippen LogP contribution in [0, 0.1) is 0 Å². The molecule has 4 aromatic rings. The summed E-state index contributed by atoms with van der Waals surface area (Å²) < 4.78 is 8.86. The van der Waals surface area contributed by atoms with Crippen LogP contribution in [0.5, 0.6) is 5.75 Å². The number of benzene rings is 3. The monoisotopic (exact) mass is 574 g/mol. The molecule has 7 heteroatoms. The zero-order valence-electron chi connectivity index (χ0n) is 19.8. The maximum atomic E-state index is 13.9. The lowest BCUT2D eigenvalue weighted by Crippen LogP contribution is -2.38. The van der Waals surface area contributed by atoms with Gasteiger partial charge in [-0.1, -0.05) is 63.7 Å². The van der Waals surface area contributed by atoms with Crippen LogP contribution in [-0.4, -0.2) is 17.9 Å². The SMILES string of the molecule is COc1ccc(Br)c(C=c2sc3n(c2=O)C(c2ccc(SC)cc2)C2=C(N=3)c3ccccc3CC2)c1. The van der Waals surface area contributed by atoms with E-state index in [0.717, 1.165) is 44.7 Å². The second-order valence-corrected chi connectivity index (χ2v) is 11.5. The minimum atomic E-state index is -0.170. The van der Waals surface area contributed by atoms with Crippen molar-refractivity contribution in [3.8, 4) is 5.75 Å². The van der Waals surface area contributed by atoms with E-state index in [1.165, 1.54) is 32.9 Å². The van der Waals surface area contributed by atoms with Crippen LogP contribution in [0.15, 0.2) is 91.5 Å². The molecule has 0 radical (unpaired) electrons. The molecule has 6 rings (SSSR count). The molecule has 1 atom stereocenters. The molecule has 4 nitrogen and oxygen atoms in total. The first-order chi connectivity index (χ1) is 17.6. The summed E-state index contributed by atoms with van der Waals surface area (Å²) in [7, 11) is 1.64. The predicted molar refractivity (Wildman–Crippen MR) is 152 cm³/mol. The fourth-order valence-electron chi connectivity index (χ4n) is 5.01. The minimum absolute atomic E-state index is 0.0159. The first kappa shape index (κ1) is 23.5. The van der Waals surface area contributed by atoms with Gasteiger partial charge in [0, 0.05) is 14.9 Å². The smallest absolute Gasteiger partial charge is 0.271 e. The number of aryl methyl sites for hydroxylation is 1. The largest absolute Gasteiger partial charge is 0.497 e. The number of ether oxygens (including phenoxy) is 1. The molecule has 0 spiro atoms. The second kappa shape index (κ2) is 9.54. The van der Waals surface area contributed by atoms with Gasteiger partial charge in [0.1, 0.15) is 5.75 Å². The van der Waals surface area contributed by atoms with E-state index in [0.29, 0.717) is 4.53 Å². The third-order valence-corrected chi connectivity index (χ3v) is 9.24. The van der Waals surface area contributed by atoms with E-state index < -0.39 is 0 Å². The molecule has 0 N–H and O–H groups in total. The molecular weight excluding hydrogens is 552 g/mol. The number of allylic oxidation sites excluding steroid dienone is 1. The topological polar surface area (TPSA) is 43.6 Å². The summed E-state index contributed by atoms with van der Waals surface area (Å²) in [4.78, 5) is 21.0. The molecule has 0 saturated carbocycles. The van der Waals surface area contributed by atoms with Crippen LogP contribution in [0.1, 0.15) is 34.7 Å². The number of rotatable bonds is 4. The fourth-order valence-corrected chi connectivity index (χ4v) is 6.77. The lowest BCUT2D eigenvalue weighted by atomic mass is 9.83. The maximum Gasteiger partial charge on any atom is 0.271 e. The Labute approximate surface area is 225 Å². The molecule has 1 aromatic heterocycles. The van der Waals surface area contributed by atoms with E-state index in [1.807, 2.05) is 28.8 Å². The Bertz CT molecular complexity index is 1700. The number of thiazole rings is 1. The normalized spacial score (nSPS) is 16.8. The molecule has 1 aliphatic heterocycles. The summed E-state index contributed by atoms with van der Waals surface area (Å²) in [6.45, 7) is 0. The number of halogens is 1. The molecule has 1 unspecified atom stereocenters. The number of hydrogen-bond acceptors (Lipinski definition) is 5. The van der Waals surface area contributed by atoms with Crippen molar-refractivity contribution in [3.63, 3.8) is 0 Å². The van der Waals surface area contributed by atoms with E-state index >= 15 is 0 Å². The first-order valence-electron chi connectivity index (χ1n) is 11.7. The molecular formula is C29H23BrN2O2S2. The van der Waals surface area contributed by atoms with Crippen molar-refractivity contribution in [2.24, 2.45) is 4.99 Å². The Morgan fingerprint density at radius 1 is 1.11 bits per heavy atom. The van der Waals surface area contributed by atoms with E-state index in [1.54, 1.807) is 18.9 Å². The third-order valence-electron chi connectivity index (χ3n) is 6.79. The van der Waals surface area contributed by atoms with Crippen LogP contribution < -0.4 is 19.6 Å². The number of hydrogen-bond donors (Lipinski definition) is 0. The average molecular weight is 576 g/mol. The van der Waals surface area contributed by atoms with Crippen LogP contribution in [-0.2, 0) is 6.42 Å². The van der Waals surface area contributed by atoms with Crippen molar-refractivity contribution in [2.45, 2.75) is 23.8 Å². The maximum absolute atomic E-state index is 13.9. The summed E-state index contributed by atoms with van der Waals surface area (Å²) in [5, 5.41) is 0. The van der Waals surface area contributed by atoms with Gasteiger partial charge in [0.25, 0.3) is 5.56 Å². The number of methoxy groups -OCH3 is 1. The summed E-state index contributed by atoms with van der Waals surface area (Å²) >= 11 is 6.78. The van der Waals surface area contributed by atoms with Gasteiger partial charge in [0.15, 0.2) is 4.80 Å². The summed E-state index contributed by atoms with van der Waals surface area (Å²) in [5.74, 6) is 0.746. The van der Waals surface area contributed by atoms with Crippen molar-refractivity contribution in [3.05, 3.63) is 119 Å². The minimum Gasteiger partial charge on any atom is -0.497 e. The first-order valence-corrected chi connectivity index (χ1v) is 14.5. The molecule has 36 heavy (non-hydrogen) atoms. The lowest BCUT2D eigenvalue weighted by Gasteiger charge is -2.30. The highest BCUT2D eigenvalue weighted by molar-refractivity contribution is 9.10. The highest BCUT2D eigenvalue weighted by Gasteiger charge is 2.32. The van der Waals surface area contributed by atoms with Crippen LogP contribution in [0.25, 0.3) is 11.8 Å². The van der Waals surface area contributed by atoms with E-state index in [2.05, 4.69) is 70.7 Å². The number of fused-ring (bicyclic) bond motifs is 3. The Balaban J connectivity index is 1.61. The standard InChI is InChI=1S/C29H23BrN2O2S2/c1-34-20-10-14-24(30)19(15-20)16-25-28(33)32-27(18-7-11-21(35-2)12-8-18)23-13-9-17-5-3-4-6-22(17)26(23)31-29(32)36-25/h3-8,10-12,14-16,27H,9,13H2,1-2H3. The molecule has 180 valence electrons. The quantitative estimate of drug-likeness (QED) is 0.289. The molecule has 0 bridgehead atoms. The molecule has 0 fully saturated rings. The van der Waals surface area contributed by atoms with Crippen molar-refractivity contribution in [1.29, 1.82) is 0 Å². The van der Waals surface area contributed by atoms with E-state index in [9.17, 15) is 4.79 Å². The van der Waals surface area contributed by atoms with Crippen LogP contribution in [0.4, 0.5) is 0 Å². The van der Waals surface area contributed by atoms with Gasteiger partial charge in [0.05, 0.1) is 23.4 Å². The number of aromatic nitrogens is 1. The van der Waals surface area contributed by atoms with Gasteiger partial charge in [-0.05, 0) is 77.8 Å². The highest BCUT2D eigenvalue weighted by atomic mass is 79.9. The van der Waals surface area contributed by atoms with Crippen LogP contribution in [0.2, 0.25) is 0 Å². The van der Waals surface area contributed by atoms with Gasteiger partial charge >= 0.3 is 0 Å². The van der Waals surface area contributed by atoms with Crippen molar-refractivity contribution >= 4 is 50.8 Å². The Morgan fingerprint density at radius 3 is 2.69 bits per heavy atom. The Hall–Kier alpha value is -2.87. The van der Waals surface area contributed by atoms with Gasteiger partial charge < -0.3 is 4.74 Å². The fraction of sp³-hybridized carbons (Fsp3) is 0.172. The molecule has 2 aliphatic rings. The zero-order valence-corrected chi connectivity index (χ0v) is 23.0. The zero-order chi connectivity index (χ0) is 24.8. The summed E-state index contributed by atoms with van der Waals surface area (Å²) in [6.07, 6.45) is 5.84. The lowest BCUT2D eigenvalue weighted by molar-refractivity contribution is 0.414. The summed E-state index contributed by atoms with van der Waals surface area (Å²) in [6, 6.07) is 22.7. The van der Waals surface area contributed by atoms with Gasteiger partial charge in [-0.25, -0.2) is 4.99 Å². The summed E-state index contributed by atoms with van der Waals surface area (Å²) in [5.41, 5.74) is 6.73. The van der Waals surface area contributed by atoms with E-state index in [-0.39, 0.29) is 11.6 Å². The second-order valence-electron chi connectivity index (χ2n) is 8.77. The van der Waals surface area contributed by atoms with Gasteiger partial charge in [0.2, 0.25) is 0 Å². The van der Waals surface area contributed by atoms with Gasteiger partial charge in [-0.3, -0.25) is 9.36 Å². The van der Waals surface area contributed by atoms with Gasteiger partial charge in [-0.15, -0.1) is 11.8 Å². The molecule has 1 aliphatic carbocycles. The molecule has 0 amide bonds. The molecule has 2 heterocycles. The van der Waals surface area contributed by atoms with Crippen LogP contribution >= 0.6 is 39.0 Å². The molecule has 0 saturated heterocycles. The van der Waals surface area contributed by atoms with Crippen molar-refractivity contribution in [1.82, 2.24) is 4.57 Å². The van der Waals surface area contributed by atoms with Gasteiger partial charge in [-0.2, -0.15) is 0 Å².